The van der Waals surface area contributed by atoms with Crippen molar-refractivity contribution in [1.82, 2.24) is 9.80 Å². The quantitative estimate of drug-likeness (QED) is 0.195. The van der Waals surface area contributed by atoms with E-state index in [4.69, 9.17) is 9.47 Å². The molecule has 3 fully saturated rings. The average molecular weight is 611 g/mol. The average Bonchev–Trinajstić information content (AvgIpc) is 3.72. The van der Waals surface area contributed by atoms with Crippen molar-refractivity contribution in [2.45, 2.75) is 76.4 Å². The minimum absolute atomic E-state index is 0.282. The van der Waals surface area contributed by atoms with Crippen LogP contribution in [0.2, 0.25) is 0 Å². The molecule has 0 unspecified atom stereocenters. The molecule has 2 saturated heterocycles. The third-order valence-electron chi connectivity index (χ3n) is 9.90. The lowest BCUT2D eigenvalue weighted by atomic mass is 9.90. The number of likely N-dealkylation sites (tertiary alicyclic amines) is 2. The Morgan fingerprint density at radius 1 is 0.750 bits per heavy atom. The first kappa shape index (κ1) is 29.6. The lowest BCUT2D eigenvalue weighted by Gasteiger charge is -2.41. The van der Waals surface area contributed by atoms with E-state index in [1.165, 1.54) is 93.5 Å². The van der Waals surface area contributed by atoms with Crippen molar-refractivity contribution in [2.24, 2.45) is 0 Å². The smallest absolute Gasteiger partial charge is 0.124 e. The number of rotatable bonds is 10. The molecule has 1 aliphatic carbocycles. The van der Waals surface area contributed by atoms with E-state index in [0.717, 1.165) is 53.1 Å². The van der Waals surface area contributed by atoms with Crippen molar-refractivity contribution in [3.05, 3.63) is 77.9 Å². The van der Waals surface area contributed by atoms with E-state index in [2.05, 4.69) is 64.4 Å². The number of piperidine rings is 1. The molecule has 0 bridgehead atoms. The van der Waals surface area contributed by atoms with Crippen LogP contribution in [0.3, 0.4) is 0 Å². The topological polar surface area (TPSA) is 45.2 Å². The standard InChI is InChI=1S/C38H46N2O3S/c41-34-10-8-12-36-37(34)32(38(44-36)29-15-19-30(20-16-29)42-26-25-39-21-6-7-22-39)27-28-13-17-31(18-14-28)43-35-11-3-2-9-33(35)40-23-4-1-5-24-40/h8,10,12-20,33,35,41H,1-7,9,11,21-27H2/t33-,35-/m0/s1. The Balaban J connectivity index is 1.07. The van der Waals surface area contributed by atoms with Crippen molar-refractivity contribution in [3.8, 4) is 27.7 Å². The van der Waals surface area contributed by atoms with Crippen LogP contribution in [0.1, 0.15) is 68.9 Å². The van der Waals surface area contributed by atoms with Crippen molar-refractivity contribution in [3.63, 3.8) is 0 Å². The maximum atomic E-state index is 10.9. The van der Waals surface area contributed by atoms with Gasteiger partial charge in [0.25, 0.3) is 0 Å². The van der Waals surface area contributed by atoms with Gasteiger partial charge >= 0.3 is 0 Å². The summed E-state index contributed by atoms with van der Waals surface area (Å²) in [5.74, 6) is 2.23. The van der Waals surface area contributed by atoms with Crippen LogP contribution in [0.25, 0.3) is 20.5 Å². The molecule has 2 atom stereocenters. The molecule has 7 rings (SSSR count). The van der Waals surface area contributed by atoms with Gasteiger partial charge in [-0.05, 0) is 143 Å². The predicted molar refractivity (Wildman–Crippen MR) is 181 cm³/mol. The van der Waals surface area contributed by atoms with Gasteiger partial charge in [0.1, 0.15) is 30.0 Å². The van der Waals surface area contributed by atoms with Crippen LogP contribution < -0.4 is 9.47 Å². The van der Waals surface area contributed by atoms with E-state index in [1.807, 2.05) is 6.07 Å². The second kappa shape index (κ2) is 13.9. The number of phenols is 1. The van der Waals surface area contributed by atoms with E-state index in [-0.39, 0.29) is 6.10 Å². The molecule has 44 heavy (non-hydrogen) atoms. The van der Waals surface area contributed by atoms with E-state index in [1.54, 1.807) is 17.4 Å². The van der Waals surface area contributed by atoms with Crippen molar-refractivity contribution in [1.29, 1.82) is 0 Å². The number of nitrogens with zero attached hydrogens (tertiary/aromatic N) is 2. The van der Waals surface area contributed by atoms with Crippen LogP contribution in [0.15, 0.2) is 66.7 Å². The molecule has 0 amide bonds. The van der Waals surface area contributed by atoms with Gasteiger partial charge in [0, 0.05) is 27.5 Å². The number of benzene rings is 3. The number of ether oxygens (including phenoxy) is 2. The van der Waals surface area contributed by atoms with Gasteiger partial charge in [-0.3, -0.25) is 9.80 Å². The van der Waals surface area contributed by atoms with Gasteiger partial charge in [0.15, 0.2) is 0 Å². The Morgan fingerprint density at radius 3 is 2.27 bits per heavy atom. The zero-order valence-electron chi connectivity index (χ0n) is 25.9. The molecule has 232 valence electrons. The Bertz CT molecular complexity index is 1500. The largest absolute Gasteiger partial charge is 0.507 e. The second-order valence-electron chi connectivity index (χ2n) is 12.9. The second-order valence-corrected chi connectivity index (χ2v) is 14.0. The summed E-state index contributed by atoms with van der Waals surface area (Å²) in [7, 11) is 0. The molecular formula is C38H46N2O3S. The van der Waals surface area contributed by atoms with Crippen LogP contribution in [0, 0.1) is 0 Å². The van der Waals surface area contributed by atoms with Crippen LogP contribution in [0.5, 0.6) is 17.2 Å². The highest BCUT2D eigenvalue weighted by Gasteiger charge is 2.32. The highest BCUT2D eigenvalue weighted by Crippen LogP contribution is 2.44. The maximum Gasteiger partial charge on any atom is 0.124 e. The fourth-order valence-electron chi connectivity index (χ4n) is 7.54. The lowest BCUT2D eigenvalue weighted by Crippen LogP contribution is -2.49. The van der Waals surface area contributed by atoms with E-state index >= 15 is 0 Å². The molecule has 5 nitrogen and oxygen atoms in total. The van der Waals surface area contributed by atoms with Gasteiger partial charge in [0.05, 0.1) is 0 Å². The normalized spacial score (nSPS) is 21.5. The molecule has 4 aromatic rings. The summed E-state index contributed by atoms with van der Waals surface area (Å²) in [6.45, 7) is 6.55. The van der Waals surface area contributed by atoms with Crippen LogP contribution in [-0.4, -0.2) is 66.4 Å². The van der Waals surface area contributed by atoms with E-state index < -0.39 is 0 Å². The third-order valence-corrected chi connectivity index (χ3v) is 11.1. The zero-order valence-corrected chi connectivity index (χ0v) is 26.7. The highest BCUT2D eigenvalue weighted by molar-refractivity contribution is 7.22. The summed E-state index contributed by atoms with van der Waals surface area (Å²) >= 11 is 1.75. The molecule has 3 aromatic carbocycles. The molecule has 1 N–H and O–H groups in total. The Labute approximate surface area is 266 Å². The van der Waals surface area contributed by atoms with Gasteiger partial charge < -0.3 is 14.6 Å². The number of fused-ring (bicyclic) bond motifs is 1. The van der Waals surface area contributed by atoms with Crippen molar-refractivity contribution in [2.75, 3.05) is 39.3 Å². The molecule has 2 aliphatic heterocycles. The number of phenolic OH excluding ortho intramolecular Hbond substituents is 1. The van der Waals surface area contributed by atoms with E-state index in [9.17, 15) is 5.11 Å². The SMILES string of the molecule is Oc1cccc2sc(-c3ccc(OCCN4CCCC4)cc3)c(Cc3ccc(O[C@H]4CCCC[C@@H]4N4CCCCC4)cc3)c12. The fourth-order valence-corrected chi connectivity index (χ4v) is 8.79. The number of aromatic hydroxyl groups is 1. The molecule has 0 radical (unpaired) electrons. The third kappa shape index (κ3) is 6.78. The summed E-state index contributed by atoms with van der Waals surface area (Å²) in [4.78, 5) is 6.38. The summed E-state index contributed by atoms with van der Waals surface area (Å²) in [6, 6.07) is 23.6. The van der Waals surface area contributed by atoms with Crippen LogP contribution in [-0.2, 0) is 6.42 Å². The van der Waals surface area contributed by atoms with Gasteiger partial charge in [-0.1, -0.05) is 31.0 Å². The number of hydrogen-bond donors (Lipinski definition) is 1. The number of hydrogen-bond acceptors (Lipinski definition) is 6. The minimum atomic E-state index is 0.282. The van der Waals surface area contributed by atoms with Crippen LogP contribution >= 0.6 is 11.3 Å². The van der Waals surface area contributed by atoms with E-state index in [0.29, 0.717) is 11.8 Å². The Kier molecular flexibility index (Phi) is 9.38. The zero-order chi connectivity index (χ0) is 29.7. The summed E-state index contributed by atoms with van der Waals surface area (Å²) in [6.07, 6.45) is 12.6. The molecule has 3 heterocycles. The minimum Gasteiger partial charge on any atom is -0.507 e. The van der Waals surface area contributed by atoms with Gasteiger partial charge in [0.2, 0.25) is 0 Å². The summed E-state index contributed by atoms with van der Waals surface area (Å²) in [5, 5.41) is 11.9. The van der Waals surface area contributed by atoms with Crippen molar-refractivity contribution >= 4 is 21.4 Å². The predicted octanol–water partition coefficient (Wildman–Crippen LogP) is 8.52. The maximum absolute atomic E-state index is 10.9. The molecule has 3 aliphatic rings. The van der Waals surface area contributed by atoms with Gasteiger partial charge in [-0.25, -0.2) is 0 Å². The molecule has 6 heteroatoms. The fraction of sp³-hybridized carbons (Fsp3) is 0.474. The highest BCUT2D eigenvalue weighted by atomic mass is 32.1. The first-order valence-corrected chi connectivity index (χ1v) is 17.7. The summed E-state index contributed by atoms with van der Waals surface area (Å²) < 4.78 is 13.9. The molecule has 1 saturated carbocycles. The van der Waals surface area contributed by atoms with Crippen LogP contribution in [0.4, 0.5) is 0 Å². The van der Waals surface area contributed by atoms with Crippen molar-refractivity contribution < 1.29 is 14.6 Å². The molecule has 0 spiro atoms. The first-order valence-electron chi connectivity index (χ1n) is 16.9. The lowest BCUT2D eigenvalue weighted by molar-refractivity contribution is 0.0261. The first-order chi connectivity index (χ1) is 21.7. The Hall–Kier alpha value is -3.06. The Morgan fingerprint density at radius 2 is 1.48 bits per heavy atom. The summed E-state index contributed by atoms with van der Waals surface area (Å²) in [5.41, 5.74) is 3.56. The number of thiophene rings is 1. The molecule has 1 aromatic heterocycles. The van der Waals surface area contributed by atoms with Gasteiger partial charge in [-0.2, -0.15) is 0 Å². The van der Waals surface area contributed by atoms with Gasteiger partial charge in [-0.15, -0.1) is 11.3 Å². The monoisotopic (exact) mass is 610 g/mol. The molecular weight excluding hydrogens is 564 g/mol.